The highest BCUT2D eigenvalue weighted by Gasteiger charge is 2.27. The summed E-state index contributed by atoms with van der Waals surface area (Å²) in [5.74, 6) is -2.15. The van der Waals surface area contributed by atoms with Crippen molar-refractivity contribution in [3.8, 4) is 11.5 Å². The molecule has 0 fully saturated rings. The number of hydrogen-bond acceptors (Lipinski definition) is 7. The summed E-state index contributed by atoms with van der Waals surface area (Å²) in [5.41, 5.74) is 0.851. The summed E-state index contributed by atoms with van der Waals surface area (Å²) in [6.45, 7) is 7.37. The summed E-state index contributed by atoms with van der Waals surface area (Å²) in [7, 11) is 1.63. The second-order valence-corrected chi connectivity index (χ2v) is 8.57. The van der Waals surface area contributed by atoms with Gasteiger partial charge in [0, 0.05) is 26.1 Å². The van der Waals surface area contributed by atoms with Crippen molar-refractivity contribution in [2.45, 2.75) is 34.2 Å². The SMILES string of the molecule is CCOC(=O)C(CN(C)c1nc(-c2cc(C(C)=O)n(Cc3ccccc3F)n2)ncc1F)C(C)C. The van der Waals surface area contributed by atoms with Crippen molar-refractivity contribution >= 4 is 17.6 Å². The second-order valence-electron chi connectivity index (χ2n) is 8.57. The van der Waals surface area contributed by atoms with Crippen LogP contribution in [-0.2, 0) is 16.1 Å². The van der Waals surface area contributed by atoms with Gasteiger partial charge in [-0.05, 0) is 25.0 Å². The third-order valence-electron chi connectivity index (χ3n) is 5.60. The minimum absolute atomic E-state index is 0.0158. The fourth-order valence-electron chi connectivity index (χ4n) is 3.66. The second kappa shape index (κ2) is 11.2. The van der Waals surface area contributed by atoms with E-state index in [2.05, 4.69) is 15.1 Å². The number of ketones is 1. The molecule has 1 aromatic carbocycles. The summed E-state index contributed by atoms with van der Waals surface area (Å²) in [6.07, 6.45) is 1.02. The van der Waals surface area contributed by atoms with E-state index in [0.717, 1.165) is 6.20 Å². The van der Waals surface area contributed by atoms with Gasteiger partial charge in [-0.1, -0.05) is 32.0 Å². The van der Waals surface area contributed by atoms with Gasteiger partial charge < -0.3 is 9.64 Å². The van der Waals surface area contributed by atoms with Crippen molar-refractivity contribution in [1.82, 2.24) is 19.7 Å². The number of carbonyl (C=O) groups is 2. The van der Waals surface area contributed by atoms with Gasteiger partial charge in [-0.25, -0.2) is 18.7 Å². The quantitative estimate of drug-likeness (QED) is 0.315. The van der Waals surface area contributed by atoms with E-state index in [0.29, 0.717) is 5.56 Å². The Balaban J connectivity index is 1.93. The molecule has 0 aliphatic heterocycles. The van der Waals surface area contributed by atoms with E-state index in [1.807, 2.05) is 13.8 Å². The Labute approximate surface area is 202 Å². The number of rotatable bonds is 10. The lowest BCUT2D eigenvalue weighted by Gasteiger charge is -2.26. The first-order valence-corrected chi connectivity index (χ1v) is 11.3. The predicted octanol–water partition coefficient (Wildman–Crippen LogP) is 4.14. The number of benzene rings is 1. The van der Waals surface area contributed by atoms with Crippen LogP contribution in [0.2, 0.25) is 0 Å². The average Bonchev–Trinajstić information content (AvgIpc) is 3.23. The first kappa shape index (κ1) is 25.9. The molecule has 1 unspecified atom stereocenters. The number of hydrogen-bond donors (Lipinski definition) is 0. The molecule has 0 spiro atoms. The van der Waals surface area contributed by atoms with Crippen LogP contribution in [0.5, 0.6) is 0 Å². The molecule has 0 saturated heterocycles. The number of aromatic nitrogens is 4. The third-order valence-corrected chi connectivity index (χ3v) is 5.60. The summed E-state index contributed by atoms with van der Waals surface area (Å²) < 4.78 is 35.4. The van der Waals surface area contributed by atoms with Crippen LogP contribution in [0.4, 0.5) is 14.6 Å². The summed E-state index contributed by atoms with van der Waals surface area (Å²) >= 11 is 0. The molecule has 0 amide bonds. The van der Waals surface area contributed by atoms with Crippen LogP contribution in [0.1, 0.15) is 43.7 Å². The Hall–Kier alpha value is -3.69. The molecule has 1 atom stereocenters. The van der Waals surface area contributed by atoms with E-state index in [1.165, 1.54) is 28.6 Å². The molecule has 0 radical (unpaired) electrons. The summed E-state index contributed by atoms with van der Waals surface area (Å²) in [6, 6.07) is 7.71. The monoisotopic (exact) mass is 485 g/mol. The lowest BCUT2D eigenvalue weighted by atomic mass is 9.95. The Morgan fingerprint density at radius 1 is 1.17 bits per heavy atom. The minimum Gasteiger partial charge on any atom is -0.466 e. The number of carbonyl (C=O) groups excluding carboxylic acids is 2. The number of halogens is 2. The van der Waals surface area contributed by atoms with E-state index >= 15 is 0 Å². The highest BCUT2D eigenvalue weighted by Crippen LogP contribution is 2.24. The molecule has 0 N–H and O–H groups in total. The van der Waals surface area contributed by atoms with Crippen LogP contribution < -0.4 is 4.90 Å². The Morgan fingerprint density at radius 3 is 2.51 bits per heavy atom. The van der Waals surface area contributed by atoms with Crippen LogP contribution in [0.3, 0.4) is 0 Å². The maximum Gasteiger partial charge on any atom is 0.310 e. The van der Waals surface area contributed by atoms with Gasteiger partial charge in [-0.2, -0.15) is 5.10 Å². The van der Waals surface area contributed by atoms with Crippen LogP contribution in [-0.4, -0.2) is 51.7 Å². The van der Waals surface area contributed by atoms with E-state index in [1.54, 1.807) is 32.2 Å². The van der Waals surface area contributed by atoms with Crippen LogP contribution in [0.15, 0.2) is 36.5 Å². The van der Waals surface area contributed by atoms with Gasteiger partial charge in [-0.15, -0.1) is 0 Å². The largest absolute Gasteiger partial charge is 0.466 e. The molecule has 0 saturated carbocycles. The van der Waals surface area contributed by atoms with Crippen molar-refractivity contribution < 1.29 is 23.1 Å². The Bertz CT molecular complexity index is 1210. The first-order valence-electron chi connectivity index (χ1n) is 11.3. The normalized spacial score (nSPS) is 12.0. The minimum atomic E-state index is -0.666. The highest BCUT2D eigenvalue weighted by atomic mass is 19.1. The molecule has 0 aliphatic rings. The van der Waals surface area contributed by atoms with Gasteiger partial charge in [0.05, 0.1) is 25.3 Å². The third kappa shape index (κ3) is 6.06. The lowest BCUT2D eigenvalue weighted by Crippen LogP contribution is -2.35. The average molecular weight is 486 g/mol. The fraction of sp³-hybridized carbons (Fsp3) is 0.400. The molecule has 8 nitrogen and oxygen atoms in total. The first-order chi connectivity index (χ1) is 16.6. The Morgan fingerprint density at radius 2 is 1.89 bits per heavy atom. The maximum atomic E-state index is 14.7. The number of Topliss-reactive ketones (excluding diaryl/α,β-unsaturated/α-hetero) is 1. The van der Waals surface area contributed by atoms with Crippen molar-refractivity contribution in [3.05, 3.63) is 59.4 Å². The van der Waals surface area contributed by atoms with Crippen molar-refractivity contribution in [2.24, 2.45) is 11.8 Å². The van der Waals surface area contributed by atoms with Gasteiger partial charge in [0.2, 0.25) is 0 Å². The molecular formula is C25H29F2N5O3. The van der Waals surface area contributed by atoms with Gasteiger partial charge in [0.25, 0.3) is 0 Å². The van der Waals surface area contributed by atoms with E-state index < -0.39 is 17.6 Å². The molecule has 35 heavy (non-hydrogen) atoms. The van der Waals surface area contributed by atoms with Crippen LogP contribution in [0, 0.1) is 23.5 Å². The van der Waals surface area contributed by atoms with Gasteiger partial charge >= 0.3 is 5.97 Å². The summed E-state index contributed by atoms with van der Waals surface area (Å²) in [4.78, 5) is 34.5. The lowest BCUT2D eigenvalue weighted by molar-refractivity contribution is -0.149. The van der Waals surface area contributed by atoms with Gasteiger partial charge in [0.15, 0.2) is 23.2 Å². The van der Waals surface area contributed by atoms with Gasteiger partial charge in [-0.3, -0.25) is 14.3 Å². The summed E-state index contributed by atoms with van der Waals surface area (Å²) in [5, 5.41) is 4.40. The standard InChI is InChI=1S/C25H29F2N5O3/c1-6-35-25(34)18(15(2)3)14-31(5)24-20(27)12-28-23(29-24)21-11-22(16(4)33)32(30-21)13-17-9-7-8-10-19(17)26/h7-12,15,18H,6,13-14H2,1-5H3. The van der Waals surface area contributed by atoms with Crippen molar-refractivity contribution in [2.75, 3.05) is 25.1 Å². The fourth-order valence-corrected chi connectivity index (χ4v) is 3.66. The molecule has 0 bridgehead atoms. The topological polar surface area (TPSA) is 90.2 Å². The van der Waals surface area contributed by atoms with E-state index in [-0.39, 0.29) is 60.4 Å². The molecule has 2 aromatic heterocycles. The molecule has 3 aromatic rings. The smallest absolute Gasteiger partial charge is 0.310 e. The van der Waals surface area contributed by atoms with E-state index in [9.17, 15) is 18.4 Å². The van der Waals surface area contributed by atoms with Crippen molar-refractivity contribution in [3.63, 3.8) is 0 Å². The zero-order valence-corrected chi connectivity index (χ0v) is 20.5. The molecule has 186 valence electrons. The van der Waals surface area contributed by atoms with Crippen LogP contribution >= 0.6 is 0 Å². The number of ether oxygens (including phenoxy) is 1. The molecular weight excluding hydrogens is 456 g/mol. The number of anilines is 1. The Kier molecular flexibility index (Phi) is 8.26. The molecule has 3 rings (SSSR count). The molecule has 0 aliphatic carbocycles. The number of nitrogens with zero attached hydrogens (tertiary/aromatic N) is 5. The van der Waals surface area contributed by atoms with E-state index in [4.69, 9.17) is 4.74 Å². The van der Waals surface area contributed by atoms with Gasteiger partial charge in [0.1, 0.15) is 17.2 Å². The molecule has 10 heteroatoms. The number of esters is 1. The highest BCUT2D eigenvalue weighted by molar-refractivity contribution is 5.93. The predicted molar refractivity (Wildman–Crippen MR) is 127 cm³/mol. The van der Waals surface area contributed by atoms with Crippen LogP contribution in [0.25, 0.3) is 11.5 Å². The molecule has 2 heterocycles. The zero-order valence-electron chi connectivity index (χ0n) is 20.5. The zero-order chi connectivity index (χ0) is 25.7. The maximum absolute atomic E-state index is 14.7. The van der Waals surface area contributed by atoms with Crippen molar-refractivity contribution in [1.29, 1.82) is 0 Å².